The molecule has 0 radical (unpaired) electrons. The molecule has 1 aliphatic heterocycles. The van der Waals surface area contributed by atoms with E-state index in [1.807, 2.05) is 12.4 Å². The lowest BCUT2D eigenvalue weighted by Gasteiger charge is -2.40. The quantitative estimate of drug-likeness (QED) is 0.677. The van der Waals surface area contributed by atoms with E-state index in [9.17, 15) is 0 Å². The summed E-state index contributed by atoms with van der Waals surface area (Å²) in [6.07, 6.45) is 11.2. The Morgan fingerprint density at radius 2 is 1.85 bits per heavy atom. The van der Waals surface area contributed by atoms with Gasteiger partial charge >= 0.3 is 0 Å². The van der Waals surface area contributed by atoms with Crippen LogP contribution in [0.2, 0.25) is 0 Å². The van der Waals surface area contributed by atoms with E-state index in [4.69, 9.17) is 0 Å². The molecular formula is C22H26BrN3. The summed E-state index contributed by atoms with van der Waals surface area (Å²) in [5, 5.41) is 0. The van der Waals surface area contributed by atoms with Crippen molar-refractivity contribution in [2.75, 3.05) is 31.1 Å². The monoisotopic (exact) mass is 411 g/mol. The molecule has 2 atom stereocenters. The van der Waals surface area contributed by atoms with Crippen molar-refractivity contribution in [1.82, 2.24) is 9.88 Å². The van der Waals surface area contributed by atoms with Crippen LogP contribution in [0.5, 0.6) is 0 Å². The summed E-state index contributed by atoms with van der Waals surface area (Å²) in [7, 11) is 0. The van der Waals surface area contributed by atoms with E-state index < -0.39 is 0 Å². The molecule has 3 nitrogen and oxygen atoms in total. The zero-order valence-corrected chi connectivity index (χ0v) is 16.9. The summed E-state index contributed by atoms with van der Waals surface area (Å²) in [5.41, 5.74) is 4.04. The first kappa shape index (κ1) is 17.7. The highest BCUT2D eigenvalue weighted by Crippen LogP contribution is 2.31. The standard InChI is InChI=1S/C22H26BrN3/c1-17-3-2-4-19(13-17)18-5-7-21(8-6-18)25-9-11-26(12-10-25)22-14-20(23)15-24-16-22/h2-5,7,13-16,18,21H,6,8-12H2,1H3/t18-,21+/m1/s1. The Morgan fingerprint density at radius 3 is 2.54 bits per heavy atom. The fraction of sp³-hybridized carbons (Fsp3) is 0.409. The zero-order valence-electron chi connectivity index (χ0n) is 15.3. The molecule has 1 saturated heterocycles. The number of halogens is 1. The van der Waals surface area contributed by atoms with E-state index in [1.165, 1.54) is 29.7 Å². The number of allylic oxidation sites excluding steroid dienone is 1. The minimum atomic E-state index is 0.584. The minimum absolute atomic E-state index is 0.584. The van der Waals surface area contributed by atoms with Crippen molar-refractivity contribution in [3.05, 3.63) is 70.5 Å². The molecule has 0 unspecified atom stereocenters. The van der Waals surface area contributed by atoms with Crippen LogP contribution in [0.15, 0.2) is 59.4 Å². The van der Waals surface area contributed by atoms with Crippen LogP contribution in [0, 0.1) is 6.92 Å². The van der Waals surface area contributed by atoms with Crippen LogP contribution in [-0.2, 0) is 0 Å². The van der Waals surface area contributed by atoms with E-state index in [2.05, 4.69) is 80.1 Å². The van der Waals surface area contributed by atoms with Gasteiger partial charge in [-0.1, -0.05) is 42.0 Å². The number of hydrogen-bond donors (Lipinski definition) is 0. The molecule has 136 valence electrons. The second kappa shape index (κ2) is 7.93. The molecule has 2 aromatic rings. The van der Waals surface area contributed by atoms with Crippen LogP contribution in [0.3, 0.4) is 0 Å². The maximum Gasteiger partial charge on any atom is 0.0564 e. The van der Waals surface area contributed by atoms with Crippen LogP contribution in [-0.4, -0.2) is 42.1 Å². The third-order valence-electron chi connectivity index (χ3n) is 5.65. The SMILES string of the molecule is Cc1cccc([C@@H]2C=C[C@H](N3CCN(c4cncc(Br)c4)CC3)CC2)c1. The topological polar surface area (TPSA) is 19.4 Å². The molecule has 4 heteroatoms. The van der Waals surface area contributed by atoms with Crippen molar-refractivity contribution in [1.29, 1.82) is 0 Å². The summed E-state index contributed by atoms with van der Waals surface area (Å²) in [4.78, 5) is 9.38. The van der Waals surface area contributed by atoms with Gasteiger partial charge in [-0.25, -0.2) is 0 Å². The van der Waals surface area contributed by atoms with E-state index in [0.717, 1.165) is 30.7 Å². The molecule has 0 N–H and O–H groups in total. The van der Waals surface area contributed by atoms with Gasteiger partial charge in [-0.05, 0) is 47.3 Å². The maximum atomic E-state index is 4.30. The van der Waals surface area contributed by atoms with Crippen molar-refractivity contribution in [3.63, 3.8) is 0 Å². The molecule has 2 aliphatic rings. The first-order valence-electron chi connectivity index (χ1n) is 9.53. The Balaban J connectivity index is 1.35. The number of benzene rings is 1. The van der Waals surface area contributed by atoms with E-state index in [1.54, 1.807) is 0 Å². The summed E-state index contributed by atoms with van der Waals surface area (Å²) in [5.74, 6) is 0.584. The number of aromatic nitrogens is 1. The molecule has 2 heterocycles. The molecule has 4 rings (SSSR count). The Kier molecular flexibility index (Phi) is 5.41. The predicted molar refractivity (Wildman–Crippen MR) is 112 cm³/mol. The molecule has 0 spiro atoms. The lowest BCUT2D eigenvalue weighted by Crippen LogP contribution is -2.50. The van der Waals surface area contributed by atoms with Gasteiger partial charge in [0.1, 0.15) is 0 Å². The van der Waals surface area contributed by atoms with Gasteiger partial charge in [0.15, 0.2) is 0 Å². The van der Waals surface area contributed by atoms with Gasteiger partial charge in [0.25, 0.3) is 0 Å². The van der Waals surface area contributed by atoms with Crippen LogP contribution in [0.1, 0.15) is 29.9 Å². The van der Waals surface area contributed by atoms with Crippen molar-refractivity contribution in [3.8, 4) is 0 Å². The maximum absolute atomic E-state index is 4.30. The Morgan fingerprint density at radius 1 is 1.00 bits per heavy atom. The molecule has 0 amide bonds. The second-order valence-corrected chi connectivity index (χ2v) is 8.35. The number of nitrogens with zero attached hydrogens (tertiary/aromatic N) is 3. The smallest absolute Gasteiger partial charge is 0.0564 e. The number of pyridine rings is 1. The summed E-state index contributed by atoms with van der Waals surface area (Å²) in [6.45, 7) is 6.57. The minimum Gasteiger partial charge on any atom is -0.368 e. The number of aryl methyl sites for hydroxylation is 1. The molecule has 26 heavy (non-hydrogen) atoms. The largest absolute Gasteiger partial charge is 0.368 e. The molecule has 1 aromatic heterocycles. The normalized spacial score (nSPS) is 24.0. The van der Waals surface area contributed by atoms with Gasteiger partial charge < -0.3 is 4.90 Å². The molecule has 0 bridgehead atoms. The molecule has 1 aliphatic carbocycles. The first-order valence-corrected chi connectivity index (χ1v) is 10.3. The van der Waals surface area contributed by atoms with Crippen LogP contribution in [0.4, 0.5) is 5.69 Å². The average Bonchev–Trinajstić information content (AvgIpc) is 2.68. The van der Waals surface area contributed by atoms with Crippen molar-refractivity contribution >= 4 is 21.6 Å². The Bertz CT molecular complexity index is 780. The highest BCUT2D eigenvalue weighted by atomic mass is 79.9. The third kappa shape index (κ3) is 4.02. The van der Waals surface area contributed by atoms with Gasteiger partial charge in [0, 0.05) is 48.8 Å². The average molecular weight is 412 g/mol. The number of anilines is 1. The van der Waals surface area contributed by atoms with E-state index >= 15 is 0 Å². The van der Waals surface area contributed by atoms with Crippen LogP contribution >= 0.6 is 15.9 Å². The Labute approximate surface area is 164 Å². The van der Waals surface area contributed by atoms with Crippen LogP contribution < -0.4 is 4.90 Å². The number of rotatable bonds is 3. The Hall–Kier alpha value is -1.65. The first-order chi connectivity index (χ1) is 12.7. The fourth-order valence-corrected chi connectivity index (χ4v) is 4.53. The zero-order chi connectivity index (χ0) is 17.9. The lowest BCUT2D eigenvalue weighted by molar-refractivity contribution is 0.200. The summed E-state index contributed by atoms with van der Waals surface area (Å²) < 4.78 is 1.05. The molecule has 1 fully saturated rings. The predicted octanol–water partition coefficient (Wildman–Crippen LogP) is 4.78. The molecular weight excluding hydrogens is 386 g/mol. The summed E-state index contributed by atoms with van der Waals surface area (Å²) in [6, 6.07) is 11.7. The van der Waals surface area contributed by atoms with Crippen molar-refractivity contribution < 1.29 is 0 Å². The number of piperazine rings is 1. The lowest BCUT2D eigenvalue weighted by atomic mass is 9.86. The second-order valence-electron chi connectivity index (χ2n) is 7.43. The molecule has 1 aromatic carbocycles. The van der Waals surface area contributed by atoms with E-state index in [-0.39, 0.29) is 0 Å². The van der Waals surface area contributed by atoms with Gasteiger partial charge in [0.2, 0.25) is 0 Å². The highest BCUT2D eigenvalue weighted by molar-refractivity contribution is 9.10. The van der Waals surface area contributed by atoms with E-state index in [0.29, 0.717) is 12.0 Å². The van der Waals surface area contributed by atoms with Gasteiger partial charge in [-0.3, -0.25) is 9.88 Å². The van der Waals surface area contributed by atoms with Gasteiger partial charge in [-0.2, -0.15) is 0 Å². The van der Waals surface area contributed by atoms with Crippen molar-refractivity contribution in [2.45, 2.75) is 31.7 Å². The van der Waals surface area contributed by atoms with Crippen LogP contribution in [0.25, 0.3) is 0 Å². The molecule has 0 saturated carbocycles. The third-order valence-corrected chi connectivity index (χ3v) is 6.08. The van der Waals surface area contributed by atoms with Gasteiger partial charge in [-0.15, -0.1) is 0 Å². The highest BCUT2D eigenvalue weighted by Gasteiger charge is 2.25. The fourth-order valence-electron chi connectivity index (χ4n) is 4.17. The van der Waals surface area contributed by atoms with Crippen molar-refractivity contribution in [2.24, 2.45) is 0 Å². The van der Waals surface area contributed by atoms with Gasteiger partial charge in [0.05, 0.1) is 11.9 Å². The summed E-state index contributed by atoms with van der Waals surface area (Å²) >= 11 is 3.52. The number of hydrogen-bond acceptors (Lipinski definition) is 3.